The molecule has 0 aromatic heterocycles. The fraction of sp³-hybridized carbons (Fsp3) is 0.273. The van der Waals surface area contributed by atoms with Crippen molar-refractivity contribution in [3.05, 3.63) is 30.3 Å². The molecule has 0 bridgehead atoms. The lowest BCUT2D eigenvalue weighted by molar-refractivity contribution is -0.142. The third-order valence-corrected chi connectivity index (χ3v) is 2.49. The van der Waals surface area contributed by atoms with Gasteiger partial charge in [0, 0.05) is 12.2 Å². The van der Waals surface area contributed by atoms with Gasteiger partial charge < -0.3 is 15.3 Å². The lowest BCUT2D eigenvalue weighted by Gasteiger charge is -2.32. The lowest BCUT2D eigenvalue weighted by Crippen LogP contribution is -2.57. The number of rotatable bonds is 2. The van der Waals surface area contributed by atoms with Crippen LogP contribution in [-0.2, 0) is 9.59 Å². The summed E-state index contributed by atoms with van der Waals surface area (Å²) in [6.45, 7) is 0.499. The van der Waals surface area contributed by atoms with E-state index in [0.29, 0.717) is 6.54 Å². The number of hydrogen-bond donors (Lipinski definition) is 2. The Labute approximate surface area is 92.7 Å². The first-order valence-electron chi connectivity index (χ1n) is 4.99. The van der Waals surface area contributed by atoms with Crippen molar-refractivity contribution < 1.29 is 14.7 Å². The highest BCUT2D eigenvalue weighted by atomic mass is 16.4. The van der Waals surface area contributed by atoms with Crippen LogP contribution >= 0.6 is 0 Å². The maximum Gasteiger partial charge on any atom is 0.328 e. The lowest BCUT2D eigenvalue weighted by atomic mass is 10.2. The maximum atomic E-state index is 11.3. The molecule has 1 aromatic rings. The van der Waals surface area contributed by atoms with Crippen molar-refractivity contribution in [2.45, 2.75) is 6.04 Å². The van der Waals surface area contributed by atoms with Crippen LogP contribution in [0.25, 0.3) is 0 Å². The first-order valence-corrected chi connectivity index (χ1v) is 4.99. The van der Waals surface area contributed by atoms with Crippen LogP contribution < -0.4 is 10.2 Å². The zero-order valence-electron chi connectivity index (χ0n) is 8.59. The molecule has 1 aliphatic rings. The Kier molecular flexibility index (Phi) is 2.76. The highest BCUT2D eigenvalue weighted by Gasteiger charge is 2.29. The Balaban J connectivity index is 2.17. The van der Waals surface area contributed by atoms with Crippen LogP contribution in [0.1, 0.15) is 0 Å². The fourth-order valence-electron chi connectivity index (χ4n) is 1.72. The molecule has 5 nitrogen and oxygen atoms in total. The van der Waals surface area contributed by atoms with E-state index in [1.165, 1.54) is 0 Å². The third kappa shape index (κ3) is 2.13. The van der Waals surface area contributed by atoms with Crippen LogP contribution in [0.15, 0.2) is 30.3 Å². The number of piperazine rings is 1. The molecule has 1 aliphatic heterocycles. The van der Waals surface area contributed by atoms with Gasteiger partial charge in [0.2, 0.25) is 5.91 Å². The zero-order chi connectivity index (χ0) is 11.5. The Bertz CT molecular complexity index is 405. The van der Waals surface area contributed by atoms with Crippen molar-refractivity contribution in [1.29, 1.82) is 0 Å². The van der Waals surface area contributed by atoms with E-state index in [0.717, 1.165) is 5.69 Å². The first-order chi connectivity index (χ1) is 7.66. The van der Waals surface area contributed by atoms with E-state index in [9.17, 15) is 9.59 Å². The minimum absolute atomic E-state index is 0.202. The van der Waals surface area contributed by atoms with Crippen molar-refractivity contribution >= 4 is 17.6 Å². The Morgan fingerprint density at radius 2 is 2.06 bits per heavy atom. The van der Waals surface area contributed by atoms with Gasteiger partial charge in [-0.25, -0.2) is 4.79 Å². The number of carbonyl (C=O) groups excluding carboxylic acids is 1. The second kappa shape index (κ2) is 4.22. The molecule has 0 aliphatic carbocycles. The number of carbonyl (C=O) groups is 2. The van der Waals surface area contributed by atoms with Crippen LogP contribution in [0.5, 0.6) is 0 Å². The number of amides is 1. The molecule has 2 N–H and O–H groups in total. The number of anilines is 1. The van der Waals surface area contributed by atoms with Gasteiger partial charge >= 0.3 is 5.97 Å². The van der Waals surface area contributed by atoms with Gasteiger partial charge in [-0.3, -0.25) is 4.79 Å². The van der Waals surface area contributed by atoms with Gasteiger partial charge in [-0.15, -0.1) is 0 Å². The molecule has 2 rings (SSSR count). The summed E-state index contributed by atoms with van der Waals surface area (Å²) in [4.78, 5) is 23.9. The molecule has 0 radical (unpaired) electrons. The van der Waals surface area contributed by atoms with Gasteiger partial charge in [0.15, 0.2) is 0 Å². The predicted molar refractivity (Wildman–Crippen MR) is 58.2 cm³/mol. The van der Waals surface area contributed by atoms with Gasteiger partial charge in [-0.1, -0.05) is 18.2 Å². The van der Waals surface area contributed by atoms with Crippen LogP contribution in [0.4, 0.5) is 5.69 Å². The van der Waals surface area contributed by atoms with E-state index in [1.807, 2.05) is 30.3 Å². The number of hydrogen-bond acceptors (Lipinski definition) is 3. The molecule has 1 aromatic carbocycles. The van der Waals surface area contributed by atoms with E-state index >= 15 is 0 Å². The molecule has 0 saturated carbocycles. The highest BCUT2D eigenvalue weighted by molar-refractivity contribution is 5.89. The van der Waals surface area contributed by atoms with Crippen LogP contribution in [-0.4, -0.2) is 36.1 Å². The fourth-order valence-corrected chi connectivity index (χ4v) is 1.72. The van der Waals surface area contributed by atoms with E-state index in [2.05, 4.69) is 5.32 Å². The average Bonchev–Trinajstić information content (AvgIpc) is 2.29. The van der Waals surface area contributed by atoms with E-state index in [-0.39, 0.29) is 12.5 Å². The summed E-state index contributed by atoms with van der Waals surface area (Å²) in [7, 11) is 0. The van der Waals surface area contributed by atoms with E-state index < -0.39 is 12.0 Å². The minimum atomic E-state index is -1.01. The normalized spacial score (nSPS) is 20.4. The summed E-state index contributed by atoms with van der Waals surface area (Å²) in [5, 5.41) is 11.3. The zero-order valence-corrected chi connectivity index (χ0v) is 8.59. The summed E-state index contributed by atoms with van der Waals surface area (Å²) in [5.74, 6) is -1.27. The molecule has 16 heavy (non-hydrogen) atoms. The molecule has 0 spiro atoms. The van der Waals surface area contributed by atoms with Gasteiger partial charge in [-0.05, 0) is 12.1 Å². The van der Waals surface area contributed by atoms with Crippen molar-refractivity contribution in [2.24, 2.45) is 0 Å². The molecule has 1 amide bonds. The number of nitrogens with zero attached hydrogens (tertiary/aromatic N) is 1. The summed E-state index contributed by atoms with van der Waals surface area (Å²) in [6, 6.07) is 8.48. The van der Waals surface area contributed by atoms with Gasteiger partial charge in [-0.2, -0.15) is 0 Å². The monoisotopic (exact) mass is 220 g/mol. The van der Waals surface area contributed by atoms with Crippen LogP contribution in [0, 0.1) is 0 Å². The Morgan fingerprint density at radius 3 is 2.69 bits per heavy atom. The molecular weight excluding hydrogens is 208 g/mol. The van der Waals surface area contributed by atoms with Crippen molar-refractivity contribution in [2.75, 3.05) is 18.0 Å². The van der Waals surface area contributed by atoms with Gasteiger partial charge in [0.05, 0.1) is 6.54 Å². The first kappa shape index (κ1) is 10.5. The largest absolute Gasteiger partial charge is 0.480 e. The minimum Gasteiger partial charge on any atom is -0.480 e. The summed E-state index contributed by atoms with van der Waals surface area (Å²) in [5.41, 5.74) is 0.864. The number of para-hydroxylation sites is 1. The number of benzene rings is 1. The van der Waals surface area contributed by atoms with Gasteiger partial charge in [0.1, 0.15) is 6.04 Å². The number of nitrogens with one attached hydrogen (secondary N) is 1. The number of carboxylic acids is 1. The molecule has 84 valence electrons. The summed E-state index contributed by atoms with van der Waals surface area (Å²) >= 11 is 0. The van der Waals surface area contributed by atoms with Crippen LogP contribution in [0.2, 0.25) is 0 Å². The smallest absolute Gasteiger partial charge is 0.328 e. The van der Waals surface area contributed by atoms with Gasteiger partial charge in [0.25, 0.3) is 0 Å². The predicted octanol–water partition coefficient (Wildman–Crippen LogP) is 0.0760. The molecule has 1 heterocycles. The quantitative estimate of drug-likeness (QED) is 0.740. The van der Waals surface area contributed by atoms with Crippen molar-refractivity contribution in [3.63, 3.8) is 0 Å². The molecule has 1 fully saturated rings. The number of aliphatic carboxylic acids is 1. The summed E-state index contributed by atoms with van der Waals surface area (Å²) < 4.78 is 0. The molecular formula is C11H12N2O3. The van der Waals surface area contributed by atoms with Crippen molar-refractivity contribution in [1.82, 2.24) is 5.32 Å². The Hall–Kier alpha value is -2.04. The third-order valence-electron chi connectivity index (χ3n) is 2.49. The standard InChI is InChI=1S/C11H12N2O3/c14-10-7-13(6-9(12-10)11(15)16)8-4-2-1-3-5-8/h1-5,9H,6-7H2,(H,12,14)(H,15,16). The second-order valence-corrected chi connectivity index (χ2v) is 3.67. The topological polar surface area (TPSA) is 69.6 Å². The van der Waals surface area contributed by atoms with Crippen molar-refractivity contribution in [3.8, 4) is 0 Å². The SMILES string of the molecule is O=C1CN(c2ccccc2)CC(C(=O)O)N1. The highest BCUT2D eigenvalue weighted by Crippen LogP contribution is 2.15. The van der Waals surface area contributed by atoms with Crippen LogP contribution in [0.3, 0.4) is 0 Å². The molecule has 1 saturated heterocycles. The molecule has 1 unspecified atom stereocenters. The maximum absolute atomic E-state index is 11.3. The molecule has 1 atom stereocenters. The van der Waals surface area contributed by atoms with E-state index in [1.54, 1.807) is 4.90 Å². The Morgan fingerprint density at radius 1 is 1.38 bits per heavy atom. The average molecular weight is 220 g/mol. The molecule has 5 heteroatoms. The van der Waals surface area contributed by atoms with E-state index in [4.69, 9.17) is 5.11 Å². The second-order valence-electron chi connectivity index (χ2n) is 3.67. The summed E-state index contributed by atoms with van der Waals surface area (Å²) in [6.07, 6.45) is 0. The number of carboxylic acid groups (broad SMARTS) is 1.